The zero-order valence-corrected chi connectivity index (χ0v) is 12.0. The lowest BCUT2D eigenvalue weighted by atomic mass is 10.0. The summed E-state index contributed by atoms with van der Waals surface area (Å²) in [7, 11) is 1.92. The summed E-state index contributed by atoms with van der Waals surface area (Å²) < 4.78 is 1.81. The standard InChI is InChI=1S/C12H14BrN3S/c1-16-12(14-9-15-16)17-8-11(7-13)10-5-3-2-4-6-10/h2-6,9,11H,7-8H2,1H3. The van der Waals surface area contributed by atoms with Gasteiger partial charge in [-0.1, -0.05) is 58.0 Å². The quantitative estimate of drug-likeness (QED) is 0.628. The highest BCUT2D eigenvalue weighted by Crippen LogP contribution is 2.26. The number of thioether (sulfide) groups is 1. The van der Waals surface area contributed by atoms with Crippen LogP contribution in [0.4, 0.5) is 0 Å². The average Bonchev–Trinajstić information content (AvgIpc) is 2.77. The van der Waals surface area contributed by atoms with E-state index in [0.717, 1.165) is 16.2 Å². The monoisotopic (exact) mass is 311 g/mol. The van der Waals surface area contributed by atoms with E-state index in [2.05, 4.69) is 50.3 Å². The fraction of sp³-hybridized carbons (Fsp3) is 0.333. The second-order valence-corrected chi connectivity index (χ2v) is 5.37. The van der Waals surface area contributed by atoms with E-state index in [1.165, 1.54) is 5.56 Å². The zero-order chi connectivity index (χ0) is 12.1. The van der Waals surface area contributed by atoms with Crippen molar-refractivity contribution in [2.75, 3.05) is 11.1 Å². The summed E-state index contributed by atoms with van der Waals surface area (Å²) in [6.07, 6.45) is 1.59. The first-order chi connectivity index (χ1) is 8.31. The average molecular weight is 312 g/mol. The summed E-state index contributed by atoms with van der Waals surface area (Å²) in [5, 5.41) is 5.99. The number of hydrogen-bond acceptors (Lipinski definition) is 3. The molecule has 0 N–H and O–H groups in total. The molecular weight excluding hydrogens is 298 g/mol. The van der Waals surface area contributed by atoms with Gasteiger partial charge in [0.1, 0.15) is 6.33 Å². The van der Waals surface area contributed by atoms with E-state index in [0.29, 0.717) is 5.92 Å². The number of rotatable bonds is 5. The van der Waals surface area contributed by atoms with Crippen molar-refractivity contribution in [2.24, 2.45) is 7.05 Å². The minimum Gasteiger partial charge on any atom is -0.244 e. The van der Waals surface area contributed by atoms with Gasteiger partial charge >= 0.3 is 0 Å². The van der Waals surface area contributed by atoms with Crippen molar-refractivity contribution in [3.63, 3.8) is 0 Å². The summed E-state index contributed by atoms with van der Waals surface area (Å²) in [6.45, 7) is 0. The lowest BCUT2D eigenvalue weighted by Crippen LogP contribution is -2.04. The van der Waals surface area contributed by atoms with E-state index < -0.39 is 0 Å². The third kappa shape index (κ3) is 3.33. The molecule has 5 heteroatoms. The van der Waals surface area contributed by atoms with Crippen molar-refractivity contribution < 1.29 is 0 Å². The molecule has 0 amide bonds. The molecule has 0 spiro atoms. The normalized spacial score (nSPS) is 12.6. The summed E-state index contributed by atoms with van der Waals surface area (Å²) in [6, 6.07) is 10.5. The summed E-state index contributed by atoms with van der Waals surface area (Å²) in [4.78, 5) is 4.22. The molecule has 1 unspecified atom stereocenters. The van der Waals surface area contributed by atoms with Gasteiger partial charge in [0.05, 0.1) is 0 Å². The minimum absolute atomic E-state index is 0.498. The number of hydrogen-bond donors (Lipinski definition) is 0. The second-order valence-electron chi connectivity index (χ2n) is 3.74. The van der Waals surface area contributed by atoms with Crippen LogP contribution in [0.1, 0.15) is 11.5 Å². The van der Waals surface area contributed by atoms with Crippen LogP contribution in [0.3, 0.4) is 0 Å². The highest BCUT2D eigenvalue weighted by molar-refractivity contribution is 9.09. The number of halogens is 1. The first-order valence-electron chi connectivity index (χ1n) is 5.39. The Morgan fingerprint density at radius 2 is 2.12 bits per heavy atom. The van der Waals surface area contributed by atoms with Gasteiger partial charge in [-0.05, 0) is 5.56 Å². The van der Waals surface area contributed by atoms with Crippen molar-refractivity contribution in [1.29, 1.82) is 0 Å². The predicted octanol–water partition coefficient (Wildman–Crippen LogP) is 3.09. The molecule has 0 saturated heterocycles. The molecule has 0 saturated carbocycles. The molecule has 0 aliphatic carbocycles. The van der Waals surface area contributed by atoms with Crippen LogP contribution in [0.25, 0.3) is 0 Å². The van der Waals surface area contributed by atoms with E-state index in [1.54, 1.807) is 22.8 Å². The van der Waals surface area contributed by atoms with E-state index >= 15 is 0 Å². The number of benzene rings is 1. The number of alkyl halides is 1. The Hall–Kier alpha value is -0.810. The van der Waals surface area contributed by atoms with E-state index in [1.807, 2.05) is 13.1 Å². The largest absolute Gasteiger partial charge is 0.244 e. The maximum atomic E-state index is 4.22. The topological polar surface area (TPSA) is 30.7 Å². The lowest BCUT2D eigenvalue weighted by molar-refractivity contribution is 0.684. The molecule has 1 aromatic carbocycles. The maximum Gasteiger partial charge on any atom is 0.185 e. The SMILES string of the molecule is Cn1ncnc1SCC(CBr)c1ccccc1. The highest BCUT2D eigenvalue weighted by atomic mass is 79.9. The van der Waals surface area contributed by atoms with E-state index in [9.17, 15) is 0 Å². The van der Waals surface area contributed by atoms with Crippen LogP contribution in [-0.4, -0.2) is 25.8 Å². The van der Waals surface area contributed by atoms with Gasteiger partial charge in [0.15, 0.2) is 5.16 Å². The molecule has 17 heavy (non-hydrogen) atoms. The first kappa shape index (κ1) is 12.6. The summed E-state index contributed by atoms with van der Waals surface area (Å²) >= 11 is 5.32. The van der Waals surface area contributed by atoms with Crippen LogP contribution in [0.15, 0.2) is 41.8 Å². The third-order valence-electron chi connectivity index (χ3n) is 2.54. The fourth-order valence-electron chi connectivity index (χ4n) is 1.55. The van der Waals surface area contributed by atoms with Crippen LogP contribution < -0.4 is 0 Å². The molecule has 0 radical (unpaired) electrons. The molecule has 1 aromatic heterocycles. The molecule has 0 aliphatic heterocycles. The molecular formula is C12H14BrN3S. The fourth-order valence-corrected chi connectivity index (χ4v) is 3.47. The van der Waals surface area contributed by atoms with Gasteiger partial charge in [0.2, 0.25) is 0 Å². The van der Waals surface area contributed by atoms with Crippen molar-refractivity contribution in [3.05, 3.63) is 42.2 Å². The molecule has 1 heterocycles. The Balaban J connectivity index is 1.99. The van der Waals surface area contributed by atoms with Gasteiger partial charge in [-0.2, -0.15) is 5.10 Å². The number of aromatic nitrogens is 3. The summed E-state index contributed by atoms with van der Waals surface area (Å²) in [5.41, 5.74) is 1.36. The van der Waals surface area contributed by atoms with Gasteiger partial charge in [0.25, 0.3) is 0 Å². The van der Waals surface area contributed by atoms with Crippen molar-refractivity contribution in [3.8, 4) is 0 Å². The van der Waals surface area contributed by atoms with Gasteiger partial charge in [-0.3, -0.25) is 0 Å². The third-order valence-corrected chi connectivity index (χ3v) is 4.52. The van der Waals surface area contributed by atoms with Crippen LogP contribution in [-0.2, 0) is 7.05 Å². The molecule has 2 rings (SSSR count). The maximum absolute atomic E-state index is 4.22. The second kappa shape index (κ2) is 6.21. The Morgan fingerprint density at radius 3 is 2.71 bits per heavy atom. The van der Waals surface area contributed by atoms with Crippen LogP contribution >= 0.6 is 27.7 Å². The van der Waals surface area contributed by atoms with Gasteiger partial charge in [-0.25, -0.2) is 9.67 Å². The molecule has 2 aromatic rings. The Morgan fingerprint density at radius 1 is 1.35 bits per heavy atom. The summed E-state index contributed by atoms with van der Waals surface area (Å²) in [5.74, 6) is 1.50. The van der Waals surface area contributed by atoms with Crippen LogP contribution in [0.5, 0.6) is 0 Å². The van der Waals surface area contributed by atoms with E-state index in [4.69, 9.17) is 0 Å². The molecule has 0 fully saturated rings. The van der Waals surface area contributed by atoms with Gasteiger partial charge < -0.3 is 0 Å². The number of nitrogens with zero attached hydrogens (tertiary/aromatic N) is 3. The molecule has 0 bridgehead atoms. The van der Waals surface area contributed by atoms with Crippen molar-refractivity contribution >= 4 is 27.7 Å². The van der Waals surface area contributed by atoms with E-state index in [-0.39, 0.29) is 0 Å². The van der Waals surface area contributed by atoms with Crippen molar-refractivity contribution in [2.45, 2.75) is 11.1 Å². The highest BCUT2D eigenvalue weighted by Gasteiger charge is 2.12. The zero-order valence-electron chi connectivity index (χ0n) is 9.58. The minimum atomic E-state index is 0.498. The van der Waals surface area contributed by atoms with Crippen LogP contribution in [0, 0.1) is 0 Å². The predicted molar refractivity (Wildman–Crippen MR) is 74.7 cm³/mol. The smallest absolute Gasteiger partial charge is 0.185 e. The Bertz CT molecular complexity index is 458. The first-order valence-corrected chi connectivity index (χ1v) is 7.49. The molecule has 1 atom stereocenters. The van der Waals surface area contributed by atoms with Gasteiger partial charge in [0, 0.05) is 24.0 Å². The Labute approximate surface area is 114 Å². The number of aryl methyl sites for hydroxylation is 1. The Kier molecular flexibility index (Phi) is 4.62. The molecule has 3 nitrogen and oxygen atoms in total. The van der Waals surface area contributed by atoms with Gasteiger partial charge in [-0.15, -0.1) is 0 Å². The lowest BCUT2D eigenvalue weighted by Gasteiger charge is -2.13. The van der Waals surface area contributed by atoms with Crippen molar-refractivity contribution in [1.82, 2.24) is 14.8 Å². The molecule has 0 aliphatic rings. The molecule has 90 valence electrons. The van der Waals surface area contributed by atoms with Crippen LogP contribution in [0.2, 0.25) is 0 Å².